The van der Waals surface area contributed by atoms with Crippen molar-refractivity contribution in [2.75, 3.05) is 26.2 Å². The lowest BCUT2D eigenvalue weighted by molar-refractivity contribution is 0.0430. The summed E-state index contributed by atoms with van der Waals surface area (Å²) in [5.41, 5.74) is 0. The lowest BCUT2D eigenvalue weighted by Crippen LogP contribution is -2.33. The van der Waals surface area contributed by atoms with E-state index < -0.39 is 0 Å². The maximum atomic E-state index is 5.65. The van der Waals surface area contributed by atoms with Gasteiger partial charge in [-0.25, -0.2) is 0 Å². The van der Waals surface area contributed by atoms with Gasteiger partial charge in [-0.3, -0.25) is 0 Å². The Morgan fingerprint density at radius 2 is 1.92 bits per heavy atom. The molecule has 0 radical (unpaired) electrons. The minimum atomic E-state index is 0.435. The van der Waals surface area contributed by atoms with E-state index in [0.29, 0.717) is 6.10 Å². The van der Waals surface area contributed by atoms with Gasteiger partial charge >= 0.3 is 0 Å². The van der Waals surface area contributed by atoms with Crippen LogP contribution in [-0.4, -0.2) is 37.2 Å². The fourth-order valence-corrected chi connectivity index (χ4v) is 1.68. The van der Waals surface area contributed by atoms with Crippen LogP contribution < -0.4 is 0 Å². The van der Waals surface area contributed by atoms with Crippen molar-refractivity contribution in [1.82, 2.24) is 4.90 Å². The van der Waals surface area contributed by atoms with E-state index >= 15 is 0 Å². The van der Waals surface area contributed by atoms with Crippen LogP contribution in [0.1, 0.15) is 39.5 Å². The normalized spacial score (nSPS) is 21.7. The van der Waals surface area contributed by atoms with Crippen LogP contribution >= 0.6 is 0 Å². The van der Waals surface area contributed by atoms with Gasteiger partial charge in [0.25, 0.3) is 0 Å². The van der Waals surface area contributed by atoms with Crippen LogP contribution in [-0.2, 0) is 4.74 Å². The van der Waals surface area contributed by atoms with Crippen molar-refractivity contribution in [3.63, 3.8) is 0 Å². The Kier molecular flexibility index (Phi) is 5.40. The molecule has 0 aromatic heterocycles. The largest absolute Gasteiger partial charge is 0.377 e. The molecule has 1 aliphatic rings. The highest BCUT2D eigenvalue weighted by Gasteiger charge is 2.09. The highest BCUT2D eigenvalue weighted by Crippen LogP contribution is 2.08. The lowest BCUT2D eigenvalue weighted by atomic mass is 10.1. The monoisotopic (exact) mass is 185 g/mol. The molecule has 1 saturated heterocycles. The molecule has 0 aliphatic carbocycles. The average molecular weight is 185 g/mol. The SMILES string of the molecule is CCC(C)OCCN1CCCCC1. The van der Waals surface area contributed by atoms with E-state index in [-0.39, 0.29) is 0 Å². The number of rotatable bonds is 5. The summed E-state index contributed by atoms with van der Waals surface area (Å²) in [6, 6.07) is 0. The van der Waals surface area contributed by atoms with Crippen LogP contribution in [0.4, 0.5) is 0 Å². The van der Waals surface area contributed by atoms with E-state index in [9.17, 15) is 0 Å². The lowest BCUT2D eigenvalue weighted by Gasteiger charge is -2.26. The molecule has 0 saturated carbocycles. The van der Waals surface area contributed by atoms with Crippen LogP contribution in [0, 0.1) is 0 Å². The highest BCUT2D eigenvalue weighted by molar-refractivity contribution is 4.63. The Balaban J connectivity index is 1.98. The van der Waals surface area contributed by atoms with Gasteiger partial charge in [-0.05, 0) is 39.3 Å². The number of nitrogens with zero attached hydrogens (tertiary/aromatic N) is 1. The predicted octanol–water partition coefficient (Wildman–Crippen LogP) is 2.29. The van der Waals surface area contributed by atoms with Gasteiger partial charge in [-0.2, -0.15) is 0 Å². The molecule has 1 atom stereocenters. The molecule has 0 bridgehead atoms. The molecule has 2 nitrogen and oxygen atoms in total. The number of likely N-dealkylation sites (tertiary alicyclic amines) is 1. The van der Waals surface area contributed by atoms with Crippen molar-refractivity contribution in [1.29, 1.82) is 0 Å². The minimum absolute atomic E-state index is 0.435. The second kappa shape index (κ2) is 6.39. The van der Waals surface area contributed by atoms with Gasteiger partial charge in [0.15, 0.2) is 0 Å². The van der Waals surface area contributed by atoms with Crippen LogP contribution in [0.5, 0.6) is 0 Å². The quantitative estimate of drug-likeness (QED) is 0.651. The first-order valence-corrected chi connectivity index (χ1v) is 5.67. The second-order valence-corrected chi connectivity index (χ2v) is 3.99. The molecular weight excluding hydrogens is 162 g/mol. The maximum absolute atomic E-state index is 5.65. The van der Waals surface area contributed by atoms with Gasteiger partial charge in [0.1, 0.15) is 0 Å². The third-order valence-corrected chi connectivity index (χ3v) is 2.83. The number of piperidine rings is 1. The summed E-state index contributed by atoms with van der Waals surface area (Å²) in [5, 5.41) is 0. The summed E-state index contributed by atoms with van der Waals surface area (Å²) < 4.78 is 5.65. The van der Waals surface area contributed by atoms with Crippen molar-refractivity contribution in [3.05, 3.63) is 0 Å². The Labute approximate surface area is 82.3 Å². The van der Waals surface area contributed by atoms with E-state index in [2.05, 4.69) is 18.7 Å². The van der Waals surface area contributed by atoms with Gasteiger partial charge in [-0.15, -0.1) is 0 Å². The van der Waals surface area contributed by atoms with Crippen LogP contribution in [0.3, 0.4) is 0 Å². The highest BCUT2D eigenvalue weighted by atomic mass is 16.5. The third-order valence-electron chi connectivity index (χ3n) is 2.83. The topological polar surface area (TPSA) is 12.5 Å². The minimum Gasteiger partial charge on any atom is -0.377 e. The van der Waals surface area contributed by atoms with E-state index in [1.165, 1.54) is 32.4 Å². The first-order chi connectivity index (χ1) is 6.33. The Morgan fingerprint density at radius 1 is 1.23 bits per heavy atom. The Hall–Kier alpha value is -0.0800. The molecule has 1 unspecified atom stereocenters. The summed E-state index contributed by atoms with van der Waals surface area (Å²) in [4.78, 5) is 2.52. The Bertz CT molecular complexity index is 121. The third kappa shape index (κ3) is 4.63. The van der Waals surface area contributed by atoms with Crippen LogP contribution in [0.2, 0.25) is 0 Å². The van der Waals surface area contributed by atoms with E-state index in [1.54, 1.807) is 0 Å². The first-order valence-electron chi connectivity index (χ1n) is 5.67. The zero-order valence-electron chi connectivity index (χ0n) is 9.09. The molecule has 0 aromatic carbocycles. The summed E-state index contributed by atoms with van der Waals surface area (Å²) in [5.74, 6) is 0. The molecule has 0 N–H and O–H groups in total. The average Bonchev–Trinajstić information content (AvgIpc) is 2.19. The zero-order chi connectivity index (χ0) is 9.52. The standard InChI is InChI=1S/C11H23NO/c1-3-11(2)13-10-9-12-7-5-4-6-8-12/h11H,3-10H2,1-2H3. The first kappa shape index (κ1) is 11.0. The summed E-state index contributed by atoms with van der Waals surface area (Å²) in [6.07, 6.45) is 5.74. The molecule has 2 heteroatoms. The van der Waals surface area contributed by atoms with Crippen molar-refractivity contribution < 1.29 is 4.74 Å². The number of hydrogen-bond acceptors (Lipinski definition) is 2. The smallest absolute Gasteiger partial charge is 0.0597 e. The van der Waals surface area contributed by atoms with Gasteiger partial charge in [-0.1, -0.05) is 13.3 Å². The molecule has 1 heterocycles. The van der Waals surface area contributed by atoms with Crippen molar-refractivity contribution in [3.8, 4) is 0 Å². The molecule has 1 fully saturated rings. The van der Waals surface area contributed by atoms with Crippen molar-refractivity contribution >= 4 is 0 Å². The van der Waals surface area contributed by atoms with Crippen LogP contribution in [0.25, 0.3) is 0 Å². The predicted molar refractivity (Wildman–Crippen MR) is 56.0 cm³/mol. The summed E-state index contributed by atoms with van der Waals surface area (Å²) >= 11 is 0. The fourth-order valence-electron chi connectivity index (χ4n) is 1.68. The van der Waals surface area contributed by atoms with Gasteiger partial charge in [0, 0.05) is 6.54 Å². The van der Waals surface area contributed by atoms with Crippen molar-refractivity contribution in [2.45, 2.75) is 45.6 Å². The van der Waals surface area contributed by atoms with E-state index in [1.807, 2.05) is 0 Å². The fraction of sp³-hybridized carbons (Fsp3) is 1.00. The van der Waals surface area contributed by atoms with Gasteiger partial charge in [0.05, 0.1) is 12.7 Å². The molecule has 0 aromatic rings. The molecular formula is C11H23NO. The molecule has 78 valence electrons. The van der Waals surface area contributed by atoms with E-state index in [0.717, 1.165) is 19.6 Å². The van der Waals surface area contributed by atoms with E-state index in [4.69, 9.17) is 4.74 Å². The summed E-state index contributed by atoms with van der Waals surface area (Å²) in [6.45, 7) is 8.93. The maximum Gasteiger partial charge on any atom is 0.0597 e. The molecule has 0 amide bonds. The molecule has 1 aliphatic heterocycles. The van der Waals surface area contributed by atoms with Crippen molar-refractivity contribution in [2.24, 2.45) is 0 Å². The molecule has 1 rings (SSSR count). The summed E-state index contributed by atoms with van der Waals surface area (Å²) in [7, 11) is 0. The zero-order valence-corrected chi connectivity index (χ0v) is 9.09. The van der Waals surface area contributed by atoms with Crippen LogP contribution in [0.15, 0.2) is 0 Å². The molecule has 13 heavy (non-hydrogen) atoms. The Morgan fingerprint density at radius 3 is 2.54 bits per heavy atom. The number of ether oxygens (including phenoxy) is 1. The van der Waals surface area contributed by atoms with Gasteiger partial charge < -0.3 is 9.64 Å². The molecule has 0 spiro atoms. The number of hydrogen-bond donors (Lipinski definition) is 0. The van der Waals surface area contributed by atoms with Gasteiger partial charge in [0.2, 0.25) is 0 Å². The second-order valence-electron chi connectivity index (χ2n) is 3.99.